The minimum Gasteiger partial charge on any atom is -0.496 e. The highest BCUT2D eigenvalue weighted by Gasteiger charge is 2.09. The zero-order valence-corrected chi connectivity index (χ0v) is 13.2. The lowest BCUT2D eigenvalue weighted by atomic mass is 10.2. The predicted octanol–water partition coefficient (Wildman–Crippen LogP) is 4.85. The van der Waals surface area contributed by atoms with Crippen LogP contribution in [0.5, 0.6) is 5.75 Å². The smallest absolute Gasteiger partial charge is 0.129 e. The number of nitrogens with zero attached hydrogens (tertiary/aromatic N) is 1. The maximum atomic E-state index is 5.39. The van der Waals surface area contributed by atoms with Gasteiger partial charge >= 0.3 is 0 Å². The number of para-hydroxylation sites is 1. The molecule has 0 fully saturated rings. The van der Waals surface area contributed by atoms with Crippen molar-refractivity contribution < 1.29 is 9.15 Å². The van der Waals surface area contributed by atoms with Gasteiger partial charge in [0.25, 0.3) is 0 Å². The molecule has 5 heteroatoms. The summed E-state index contributed by atoms with van der Waals surface area (Å²) in [6.07, 6.45) is 1.71. The second-order valence-corrected chi connectivity index (χ2v) is 6.26. The first-order valence-corrected chi connectivity index (χ1v) is 8.58. The van der Waals surface area contributed by atoms with Crippen molar-refractivity contribution in [1.82, 2.24) is 4.98 Å². The van der Waals surface area contributed by atoms with Crippen LogP contribution in [0.4, 0.5) is 0 Å². The molecule has 0 atom stereocenters. The first-order chi connectivity index (χ1) is 10.4. The van der Waals surface area contributed by atoms with Crippen LogP contribution in [0.2, 0.25) is 0 Å². The Hall–Kier alpha value is -1.72. The van der Waals surface area contributed by atoms with Crippen LogP contribution in [-0.4, -0.2) is 12.1 Å². The number of benzene rings is 1. The van der Waals surface area contributed by atoms with Crippen molar-refractivity contribution >= 4 is 23.1 Å². The molecule has 0 saturated heterocycles. The molecule has 3 aromatic rings. The van der Waals surface area contributed by atoms with Crippen molar-refractivity contribution in [3.8, 4) is 16.3 Å². The molecule has 0 unspecified atom stereocenters. The Morgan fingerprint density at radius 2 is 2.10 bits per heavy atom. The normalized spacial score (nSPS) is 10.7. The maximum Gasteiger partial charge on any atom is 0.129 e. The Morgan fingerprint density at radius 1 is 1.19 bits per heavy atom. The average molecular weight is 317 g/mol. The number of furan rings is 1. The summed E-state index contributed by atoms with van der Waals surface area (Å²) in [5.74, 6) is 3.61. The second kappa shape index (κ2) is 6.83. The molecule has 0 amide bonds. The number of hydrogen-bond acceptors (Lipinski definition) is 5. The highest BCUT2D eigenvalue weighted by molar-refractivity contribution is 7.97. The van der Waals surface area contributed by atoms with Gasteiger partial charge in [0, 0.05) is 11.1 Å². The van der Waals surface area contributed by atoms with E-state index in [2.05, 4.69) is 5.38 Å². The van der Waals surface area contributed by atoms with Crippen molar-refractivity contribution in [2.45, 2.75) is 11.5 Å². The maximum absolute atomic E-state index is 5.39. The van der Waals surface area contributed by atoms with Gasteiger partial charge in [0.1, 0.15) is 16.5 Å². The Balaban J connectivity index is 1.66. The molecule has 0 aliphatic heterocycles. The molecule has 3 rings (SSSR count). The predicted molar refractivity (Wildman–Crippen MR) is 87.8 cm³/mol. The standard InChI is InChI=1S/C16H15NO2S2/c1-18-15-7-3-2-6-14(15)16-17-12(10-21-16)9-20-11-13-5-4-8-19-13/h2-8,10H,9,11H2,1H3. The third-order valence-corrected chi connectivity index (χ3v) is 4.88. The van der Waals surface area contributed by atoms with Crippen LogP contribution >= 0.6 is 23.1 Å². The topological polar surface area (TPSA) is 35.3 Å². The lowest BCUT2D eigenvalue weighted by Gasteiger charge is -2.04. The number of ether oxygens (including phenoxy) is 1. The quantitative estimate of drug-likeness (QED) is 0.651. The van der Waals surface area contributed by atoms with E-state index in [1.54, 1.807) is 36.5 Å². The van der Waals surface area contributed by atoms with Crippen LogP contribution in [0.3, 0.4) is 0 Å². The van der Waals surface area contributed by atoms with Crippen molar-refractivity contribution in [3.05, 3.63) is 59.5 Å². The molecule has 0 aliphatic carbocycles. The molecule has 0 N–H and O–H groups in total. The Labute approximate surface area is 132 Å². The SMILES string of the molecule is COc1ccccc1-c1nc(CSCc2ccco2)cs1. The van der Waals surface area contributed by atoms with Gasteiger partial charge in [-0.05, 0) is 24.3 Å². The molecular weight excluding hydrogens is 302 g/mol. The number of hydrogen-bond donors (Lipinski definition) is 0. The highest BCUT2D eigenvalue weighted by Crippen LogP contribution is 2.32. The van der Waals surface area contributed by atoms with E-state index in [0.29, 0.717) is 0 Å². The summed E-state index contributed by atoms with van der Waals surface area (Å²) >= 11 is 3.45. The number of aromatic nitrogens is 1. The summed E-state index contributed by atoms with van der Waals surface area (Å²) in [5.41, 5.74) is 2.14. The van der Waals surface area contributed by atoms with Crippen LogP contribution in [0.15, 0.2) is 52.5 Å². The summed E-state index contributed by atoms with van der Waals surface area (Å²) in [5, 5.41) is 3.11. The van der Waals surface area contributed by atoms with Crippen molar-refractivity contribution in [3.63, 3.8) is 0 Å². The van der Waals surface area contributed by atoms with Gasteiger partial charge < -0.3 is 9.15 Å². The molecule has 0 spiro atoms. The number of thioether (sulfide) groups is 1. The Kier molecular flexibility index (Phi) is 4.62. The van der Waals surface area contributed by atoms with E-state index in [1.165, 1.54) is 0 Å². The molecule has 2 aromatic heterocycles. The summed E-state index contributed by atoms with van der Waals surface area (Å²) in [6.45, 7) is 0. The summed E-state index contributed by atoms with van der Waals surface area (Å²) in [7, 11) is 1.69. The zero-order chi connectivity index (χ0) is 14.5. The van der Waals surface area contributed by atoms with Gasteiger partial charge in [0.05, 0.1) is 30.4 Å². The average Bonchev–Trinajstić information content (AvgIpc) is 3.19. The molecule has 21 heavy (non-hydrogen) atoms. The van der Waals surface area contributed by atoms with Crippen molar-refractivity contribution in [1.29, 1.82) is 0 Å². The minimum absolute atomic E-state index is 0.863. The van der Waals surface area contributed by atoms with Gasteiger partial charge in [-0.3, -0.25) is 0 Å². The molecule has 3 nitrogen and oxygen atoms in total. The molecule has 1 aromatic carbocycles. The Morgan fingerprint density at radius 3 is 2.90 bits per heavy atom. The molecular formula is C16H15NO2S2. The van der Waals surface area contributed by atoms with E-state index in [9.17, 15) is 0 Å². The largest absolute Gasteiger partial charge is 0.496 e. The highest BCUT2D eigenvalue weighted by atomic mass is 32.2. The summed E-state index contributed by atoms with van der Waals surface area (Å²) in [6, 6.07) is 11.9. The van der Waals surface area contributed by atoms with E-state index < -0.39 is 0 Å². The third kappa shape index (κ3) is 3.49. The van der Waals surface area contributed by atoms with E-state index in [1.807, 2.05) is 36.4 Å². The van der Waals surface area contributed by atoms with E-state index in [4.69, 9.17) is 14.1 Å². The number of methoxy groups -OCH3 is 1. The molecule has 2 heterocycles. The van der Waals surface area contributed by atoms with Gasteiger partial charge in [-0.25, -0.2) is 4.98 Å². The molecule has 108 valence electrons. The first-order valence-electron chi connectivity index (χ1n) is 6.55. The number of rotatable bonds is 6. The summed E-state index contributed by atoms with van der Waals surface area (Å²) in [4.78, 5) is 4.70. The van der Waals surface area contributed by atoms with Gasteiger partial charge in [0.15, 0.2) is 0 Å². The van der Waals surface area contributed by atoms with Crippen molar-refractivity contribution in [2.75, 3.05) is 7.11 Å². The van der Waals surface area contributed by atoms with Gasteiger partial charge in [-0.2, -0.15) is 0 Å². The van der Waals surface area contributed by atoms with Crippen molar-refractivity contribution in [2.24, 2.45) is 0 Å². The molecule has 0 radical (unpaired) electrons. The fraction of sp³-hybridized carbons (Fsp3) is 0.188. The monoisotopic (exact) mass is 317 g/mol. The first kappa shape index (κ1) is 14.2. The van der Waals surface area contributed by atoms with Crippen LogP contribution in [0.25, 0.3) is 10.6 Å². The lowest BCUT2D eigenvalue weighted by Crippen LogP contribution is -1.87. The third-order valence-electron chi connectivity index (χ3n) is 2.96. The molecule has 0 bridgehead atoms. The minimum atomic E-state index is 0.863. The summed E-state index contributed by atoms with van der Waals surface area (Å²) < 4.78 is 10.7. The Bertz CT molecular complexity index is 692. The van der Waals surface area contributed by atoms with E-state index in [0.717, 1.165) is 39.3 Å². The fourth-order valence-corrected chi connectivity index (χ4v) is 3.75. The van der Waals surface area contributed by atoms with E-state index in [-0.39, 0.29) is 0 Å². The zero-order valence-electron chi connectivity index (χ0n) is 11.6. The fourth-order valence-electron chi connectivity index (χ4n) is 1.97. The van der Waals surface area contributed by atoms with Crippen LogP contribution in [0.1, 0.15) is 11.5 Å². The van der Waals surface area contributed by atoms with Gasteiger partial charge in [0.2, 0.25) is 0 Å². The van der Waals surface area contributed by atoms with Crippen LogP contribution in [-0.2, 0) is 11.5 Å². The van der Waals surface area contributed by atoms with Crippen LogP contribution in [0, 0.1) is 0 Å². The van der Waals surface area contributed by atoms with Gasteiger partial charge in [-0.15, -0.1) is 23.1 Å². The van der Waals surface area contributed by atoms with Gasteiger partial charge in [-0.1, -0.05) is 12.1 Å². The van der Waals surface area contributed by atoms with E-state index >= 15 is 0 Å². The second-order valence-electron chi connectivity index (χ2n) is 4.42. The lowest BCUT2D eigenvalue weighted by molar-refractivity contribution is 0.416. The van der Waals surface area contributed by atoms with Crippen LogP contribution < -0.4 is 4.74 Å². The molecule has 0 aliphatic rings. The number of thiazole rings is 1. The molecule has 0 saturated carbocycles.